The van der Waals surface area contributed by atoms with Crippen LogP contribution in [0.1, 0.15) is 71.5 Å². The average molecular weight is 484 g/mol. The molecule has 1 aromatic rings. The van der Waals surface area contributed by atoms with E-state index in [1.165, 1.54) is 34.4 Å². The number of carbonyl (C=O) groups excluding carboxylic acids is 2. The summed E-state index contributed by atoms with van der Waals surface area (Å²) in [5.74, 6) is -0.199. The Bertz CT molecular complexity index is 960. The van der Waals surface area contributed by atoms with Gasteiger partial charge in [0.15, 0.2) is 0 Å². The lowest BCUT2D eigenvalue weighted by atomic mass is 9.95. The Morgan fingerprint density at radius 3 is 2.38 bits per heavy atom. The summed E-state index contributed by atoms with van der Waals surface area (Å²) >= 11 is 1.52. The predicted octanol–water partition coefficient (Wildman–Crippen LogP) is 6.94. The summed E-state index contributed by atoms with van der Waals surface area (Å²) in [5, 5.41) is 5.30. The highest BCUT2D eigenvalue weighted by Gasteiger charge is 2.15. The van der Waals surface area contributed by atoms with Gasteiger partial charge in [0.1, 0.15) is 5.01 Å². The Kier molecular flexibility index (Phi) is 15.9. The number of likely N-dealkylation sites (N-methyl/N-ethyl adjacent to an activating group) is 1. The minimum Gasteiger partial charge on any atom is -0.345 e. The molecule has 1 heterocycles. The molecule has 1 N–H and O–H groups in total. The SMILES string of the molecule is C=C\C=C/C(=C(\C)CCC)C(=C\C)/c1csc(/C(C)=C/C(=C\NC=O)C(=O)N(C)C)n1.CCC. The van der Waals surface area contributed by atoms with Crippen LogP contribution in [0.3, 0.4) is 0 Å². The van der Waals surface area contributed by atoms with Crippen LogP contribution in [0.25, 0.3) is 11.1 Å². The van der Waals surface area contributed by atoms with Crippen LogP contribution in [-0.2, 0) is 9.59 Å². The lowest BCUT2D eigenvalue weighted by Crippen LogP contribution is -2.24. The third-order valence-corrected chi connectivity index (χ3v) is 5.49. The van der Waals surface area contributed by atoms with Gasteiger partial charge in [0.25, 0.3) is 5.91 Å². The lowest BCUT2D eigenvalue weighted by molar-refractivity contribution is -0.124. The van der Waals surface area contributed by atoms with Crippen LogP contribution in [0.5, 0.6) is 0 Å². The van der Waals surface area contributed by atoms with Gasteiger partial charge in [0.2, 0.25) is 6.41 Å². The van der Waals surface area contributed by atoms with Crippen molar-refractivity contribution in [2.24, 2.45) is 0 Å². The number of aromatic nitrogens is 1. The normalized spacial score (nSPS) is 13.1. The van der Waals surface area contributed by atoms with Crippen molar-refractivity contribution in [3.05, 3.63) is 76.0 Å². The molecule has 2 amide bonds. The molecule has 0 fully saturated rings. The Morgan fingerprint density at radius 2 is 1.88 bits per heavy atom. The predicted molar refractivity (Wildman–Crippen MR) is 148 cm³/mol. The summed E-state index contributed by atoms with van der Waals surface area (Å²) in [7, 11) is 3.34. The summed E-state index contributed by atoms with van der Waals surface area (Å²) in [6.07, 6.45) is 14.9. The van der Waals surface area contributed by atoms with Gasteiger partial charge in [-0.2, -0.15) is 0 Å². The van der Waals surface area contributed by atoms with Crippen molar-refractivity contribution in [1.29, 1.82) is 0 Å². The molecule has 0 saturated heterocycles. The van der Waals surface area contributed by atoms with Crippen molar-refractivity contribution >= 4 is 34.8 Å². The van der Waals surface area contributed by atoms with Gasteiger partial charge in [0, 0.05) is 31.2 Å². The van der Waals surface area contributed by atoms with Crippen LogP contribution in [0.15, 0.2) is 65.3 Å². The molecule has 0 aromatic carbocycles. The molecule has 1 aromatic heterocycles. The molecule has 0 saturated carbocycles. The molecule has 0 spiro atoms. The monoisotopic (exact) mass is 483 g/mol. The van der Waals surface area contributed by atoms with Crippen molar-refractivity contribution in [1.82, 2.24) is 15.2 Å². The van der Waals surface area contributed by atoms with E-state index in [1.807, 2.05) is 25.3 Å². The molecule has 34 heavy (non-hydrogen) atoms. The summed E-state index contributed by atoms with van der Waals surface area (Å²) in [6.45, 7) is 16.3. The minimum absolute atomic E-state index is 0.199. The Balaban J connectivity index is 0.00000343. The number of hydrogen-bond donors (Lipinski definition) is 1. The number of nitrogens with one attached hydrogen (secondary N) is 1. The Morgan fingerprint density at radius 1 is 1.24 bits per heavy atom. The van der Waals surface area contributed by atoms with Crippen LogP contribution in [0, 0.1) is 0 Å². The quantitative estimate of drug-likeness (QED) is 0.211. The standard InChI is InChI=1S/C25H33N3O2S.C3H8/c1-8-11-13-22(18(4)12-9-2)21(10-3)23-16-31-24(27-23)19(5)14-20(15-26-17-29)25(30)28(6)7;1-3-2/h8,10-11,13-17H,1,9,12H2,2-7H3,(H,26,29);3H2,1-2H3/b13-11-,19-14+,20-15+,21-10+,22-18-;. The Hall–Kier alpha value is -2.99. The maximum Gasteiger partial charge on any atom is 0.254 e. The fourth-order valence-electron chi connectivity index (χ4n) is 3.00. The van der Waals surface area contributed by atoms with Gasteiger partial charge in [-0.05, 0) is 44.4 Å². The van der Waals surface area contributed by atoms with E-state index < -0.39 is 0 Å². The van der Waals surface area contributed by atoms with Crippen molar-refractivity contribution in [3.8, 4) is 0 Å². The van der Waals surface area contributed by atoms with Gasteiger partial charge in [0.05, 0.1) is 11.3 Å². The highest BCUT2D eigenvalue weighted by Crippen LogP contribution is 2.31. The molecule has 0 bridgehead atoms. The third-order valence-electron chi connectivity index (χ3n) is 4.51. The van der Waals surface area contributed by atoms with E-state index in [-0.39, 0.29) is 5.91 Å². The average Bonchev–Trinajstić information content (AvgIpc) is 3.29. The number of rotatable bonds is 11. The van der Waals surface area contributed by atoms with E-state index in [4.69, 9.17) is 4.98 Å². The first-order chi connectivity index (χ1) is 16.2. The number of nitrogens with zero attached hydrogens (tertiary/aromatic N) is 2. The maximum absolute atomic E-state index is 12.4. The summed E-state index contributed by atoms with van der Waals surface area (Å²) in [5.41, 5.74) is 5.65. The van der Waals surface area contributed by atoms with Gasteiger partial charge in [-0.1, -0.05) is 70.1 Å². The summed E-state index contributed by atoms with van der Waals surface area (Å²) in [4.78, 5) is 29.4. The van der Waals surface area contributed by atoms with Crippen LogP contribution in [0.4, 0.5) is 0 Å². The van der Waals surface area contributed by atoms with E-state index in [1.54, 1.807) is 26.2 Å². The van der Waals surface area contributed by atoms with Crippen molar-refractivity contribution in [3.63, 3.8) is 0 Å². The fourth-order valence-corrected chi connectivity index (χ4v) is 3.80. The smallest absolute Gasteiger partial charge is 0.254 e. The number of carbonyl (C=O) groups is 2. The minimum atomic E-state index is -0.199. The van der Waals surface area contributed by atoms with Gasteiger partial charge < -0.3 is 10.2 Å². The molecule has 5 nitrogen and oxygen atoms in total. The Labute approximate surface area is 210 Å². The molecule has 0 unspecified atom stereocenters. The van der Waals surface area contributed by atoms with Crippen LogP contribution in [0.2, 0.25) is 0 Å². The number of amides is 2. The van der Waals surface area contributed by atoms with Crippen molar-refractivity contribution < 1.29 is 9.59 Å². The molecule has 0 aliphatic carbocycles. The summed E-state index contributed by atoms with van der Waals surface area (Å²) in [6, 6.07) is 0. The van der Waals surface area contributed by atoms with Gasteiger partial charge in [-0.3, -0.25) is 9.59 Å². The zero-order valence-corrected chi connectivity index (χ0v) is 22.9. The van der Waals surface area contributed by atoms with E-state index in [2.05, 4.69) is 51.7 Å². The second-order valence-electron chi connectivity index (χ2n) is 7.90. The van der Waals surface area contributed by atoms with Crippen LogP contribution < -0.4 is 5.32 Å². The van der Waals surface area contributed by atoms with E-state index in [9.17, 15) is 9.59 Å². The molecule has 0 aliphatic rings. The first-order valence-electron chi connectivity index (χ1n) is 11.6. The van der Waals surface area contributed by atoms with E-state index in [0.29, 0.717) is 12.0 Å². The zero-order chi connectivity index (χ0) is 26.1. The molecule has 0 aliphatic heterocycles. The van der Waals surface area contributed by atoms with Gasteiger partial charge in [-0.25, -0.2) is 4.98 Å². The third kappa shape index (κ3) is 10.3. The largest absolute Gasteiger partial charge is 0.345 e. The van der Waals surface area contributed by atoms with Crippen LogP contribution >= 0.6 is 11.3 Å². The topological polar surface area (TPSA) is 62.3 Å². The number of thiazole rings is 1. The highest BCUT2D eigenvalue weighted by atomic mass is 32.1. The van der Waals surface area contributed by atoms with Crippen molar-refractivity contribution in [2.75, 3.05) is 14.1 Å². The highest BCUT2D eigenvalue weighted by molar-refractivity contribution is 7.10. The molecular formula is C28H41N3O2S. The van der Waals surface area contributed by atoms with Gasteiger partial charge >= 0.3 is 0 Å². The van der Waals surface area contributed by atoms with E-state index in [0.717, 1.165) is 40.3 Å². The van der Waals surface area contributed by atoms with E-state index >= 15 is 0 Å². The second-order valence-corrected chi connectivity index (χ2v) is 8.76. The van der Waals surface area contributed by atoms with Crippen molar-refractivity contribution in [2.45, 2.75) is 60.8 Å². The number of hydrogen-bond acceptors (Lipinski definition) is 4. The lowest BCUT2D eigenvalue weighted by Gasteiger charge is -2.12. The number of allylic oxidation sites excluding steroid dienone is 8. The molecule has 1 rings (SSSR count). The molecule has 186 valence electrons. The molecule has 6 heteroatoms. The molecule has 0 atom stereocenters. The fraction of sp³-hybridized carbons (Fsp3) is 0.393. The zero-order valence-electron chi connectivity index (χ0n) is 22.1. The second kappa shape index (κ2) is 17.5. The van der Waals surface area contributed by atoms with Crippen LogP contribution in [-0.4, -0.2) is 36.3 Å². The molecule has 0 radical (unpaired) electrons. The first kappa shape index (κ1) is 31.0. The summed E-state index contributed by atoms with van der Waals surface area (Å²) < 4.78 is 0. The van der Waals surface area contributed by atoms with Gasteiger partial charge in [-0.15, -0.1) is 11.3 Å². The maximum atomic E-state index is 12.4. The molecular weight excluding hydrogens is 442 g/mol. The first-order valence-corrected chi connectivity index (χ1v) is 12.5.